The Bertz CT molecular complexity index is 566. The number of sulfonamides is 1. The van der Waals surface area contributed by atoms with Gasteiger partial charge < -0.3 is 10.0 Å². The number of aliphatic hydroxyl groups is 1. The van der Waals surface area contributed by atoms with Crippen molar-refractivity contribution in [3.63, 3.8) is 0 Å². The Morgan fingerprint density at radius 3 is 2.29 bits per heavy atom. The number of nitrogens with zero attached hydrogens (tertiary/aromatic N) is 2. The van der Waals surface area contributed by atoms with Gasteiger partial charge in [0.25, 0.3) is 0 Å². The summed E-state index contributed by atoms with van der Waals surface area (Å²) in [6, 6.07) is 8.32. The average Bonchev–Trinajstić information content (AvgIpc) is 2.53. The van der Waals surface area contributed by atoms with E-state index in [2.05, 4.69) is 0 Å². The number of benzene rings is 1. The zero-order valence-corrected chi connectivity index (χ0v) is 12.6. The molecule has 1 aromatic carbocycles. The summed E-state index contributed by atoms with van der Waals surface area (Å²) in [6.07, 6.45) is 0.753. The summed E-state index contributed by atoms with van der Waals surface area (Å²) >= 11 is 0. The lowest BCUT2D eigenvalue weighted by Gasteiger charge is -2.34. The van der Waals surface area contributed by atoms with Crippen molar-refractivity contribution in [1.82, 2.24) is 9.21 Å². The van der Waals surface area contributed by atoms with E-state index in [1.807, 2.05) is 0 Å². The number of hydrogen-bond acceptors (Lipinski definition) is 4. The number of hydrogen-bond donors (Lipinski definition) is 1. The minimum Gasteiger partial charge on any atom is -0.396 e. The highest BCUT2D eigenvalue weighted by molar-refractivity contribution is 7.89. The lowest BCUT2D eigenvalue weighted by molar-refractivity contribution is -0.132. The van der Waals surface area contributed by atoms with E-state index in [9.17, 15) is 13.2 Å². The first-order chi connectivity index (χ1) is 10.1. The van der Waals surface area contributed by atoms with Gasteiger partial charge in [0.05, 0.1) is 4.90 Å². The van der Waals surface area contributed by atoms with E-state index in [0.29, 0.717) is 39.0 Å². The number of aliphatic hydroxyl groups excluding tert-OH is 1. The molecule has 21 heavy (non-hydrogen) atoms. The molecule has 1 amide bonds. The number of amides is 1. The van der Waals surface area contributed by atoms with E-state index in [0.717, 1.165) is 0 Å². The quantitative estimate of drug-likeness (QED) is 0.848. The third-order valence-corrected chi connectivity index (χ3v) is 5.43. The summed E-state index contributed by atoms with van der Waals surface area (Å²) < 4.78 is 26.3. The van der Waals surface area contributed by atoms with E-state index in [-0.39, 0.29) is 17.4 Å². The second-order valence-corrected chi connectivity index (χ2v) is 6.86. The molecule has 0 atom stereocenters. The maximum Gasteiger partial charge on any atom is 0.243 e. The van der Waals surface area contributed by atoms with Crippen molar-refractivity contribution in [2.75, 3.05) is 32.8 Å². The van der Waals surface area contributed by atoms with Gasteiger partial charge in [0.1, 0.15) is 0 Å². The molecular formula is C14H20N2O4S. The summed E-state index contributed by atoms with van der Waals surface area (Å²) in [5.41, 5.74) is 0. The van der Waals surface area contributed by atoms with Gasteiger partial charge in [-0.2, -0.15) is 4.31 Å². The molecule has 6 nitrogen and oxygen atoms in total. The van der Waals surface area contributed by atoms with E-state index >= 15 is 0 Å². The SMILES string of the molecule is O=C(CCCO)N1CCN(S(=O)(=O)c2ccccc2)CC1. The van der Waals surface area contributed by atoms with E-state index in [1.54, 1.807) is 35.2 Å². The van der Waals surface area contributed by atoms with Crippen molar-refractivity contribution in [2.24, 2.45) is 0 Å². The highest BCUT2D eigenvalue weighted by Crippen LogP contribution is 2.17. The molecule has 1 saturated heterocycles. The highest BCUT2D eigenvalue weighted by atomic mass is 32.2. The zero-order valence-electron chi connectivity index (χ0n) is 11.8. The molecule has 0 aromatic heterocycles. The van der Waals surface area contributed by atoms with Crippen LogP contribution in [-0.2, 0) is 14.8 Å². The van der Waals surface area contributed by atoms with Crippen LogP contribution in [0.1, 0.15) is 12.8 Å². The molecule has 0 radical (unpaired) electrons. The van der Waals surface area contributed by atoms with Crippen molar-refractivity contribution < 1.29 is 18.3 Å². The fourth-order valence-corrected chi connectivity index (χ4v) is 3.75. The Morgan fingerprint density at radius 2 is 1.71 bits per heavy atom. The molecule has 1 aliphatic heterocycles. The van der Waals surface area contributed by atoms with Gasteiger partial charge in [0, 0.05) is 39.2 Å². The van der Waals surface area contributed by atoms with Crippen molar-refractivity contribution in [3.05, 3.63) is 30.3 Å². The van der Waals surface area contributed by atoms with Gasteiger partial charge in [-0.3, -0.25) is 4.79 Å². The van der Waals surface area contributed by atoms with Gasteiger partial charge in [0.2, 0.25) is 15.9 Å². The molecule has 1 aliphatic rings. The van der Waals surface area contributed by atoms with Crippen molar-refractivity contribution in [1.29, 1.82) is 0 Å². The van der Waals surface area contributed by atoms with Crippen LogP contribution in [-0.4, -0.2) is 61.4 Å². The predicted octanol–water partition coefficient (Wildman–Crippen LogP) is 0.292. The molecular weight excluding hydrogens is 292 g/mol. The first-order valence-corrected chi connectivity index (χ1v) is 8.43. The molecule has 1 fully saturated rings. The Hall–Kier alpha value is -1.44. The largest absolute Gasteiger partial charge is 0.396 e. The molecule has 1 aromatic rings. The molecule has 0 unspecified atom stereocenters. The Labute approximate surface area is 125 Å². The number of piperazine rings is 1. The van der Waals surface area contributed by atoms with E-state index in [1.165, 1.54) is 4.31 Å². The lowest BCUT2D eigenvalue weighted by Crippen LogP contribution is -2.50. The Kier molecular flexibility index (Phi) is 5.33. The molecule has 0 aliphatic carbocycles. The second kappa shape index (κ2) is 7.02. The van der Waals surface area contributed by atoms with Crippen LogP contribution in [0.5, 0.6) is 0 Å². The van der Waals surface area contributed by atoms with Gasteiger partial charge >= 0.3 is 0 Å². The first kappa shape index (κ1) is 15.9. The topological polar surface area (TPSA) is 77.9 Å². The first-order valence-electron chi connectivity index (χ1n) is 6.99. The van der Waals surface area contributed by atoms with Crippen LogP contribution >= 0.6 is 0 Å². The van der Waals surface area contributed by atoms with Gasteiger partial charge in [-0.25, -0.2) is 8.42 Å². The summed E-state index contributed by atoms with van der Waals surface area (Å²) in [5, 5.41) is 8.73. The zero-order chi connectivity index (χ0) is 15.3. The Balaban J connectivity index is 1.96. The number of rotatable bonds is 5. The normalized spacial score (nSPS) is 16.9. The second-order valence-electron chi connectivity index (χ2n) is 4.93. The molecule has 1 N–H and O–H groups in total. The monoisotopic (exact) mass is 312 g/mol. The minimum atomic E-state index is -3.47. The standard InChI is InChI=1S/C14H20N2O4S/c17-12-4-7-14(18)15-8-10-16(11-9-15)21(19,20)13-5-2-1-3-6-13/h1-3,5-6,17H,4,7-12H2. The summed E-state index contributed by atoms with van der Waals surface area (Å²) in [5.74, 6) is -0.0270. The summed E-state index contributed by atoms with van der Waals surface area (Å²) in [7, 11) is -3.47. The van der Waals surface area contributed by atoms with Gasteiger partial charge in [-0.05, 0) is 18.6 Å². The molecule has 1 heterocycles. The van der Waals surface area contributed by atoms with Crippen LogP contribution in [0.15, 0.2) is 35.2 Å². The summed E-state index contributed by atoms with van der Waals surface area (Å²) in [4.78, 5) is 13.8. The Morgan fingerprint density at radius 1 is 1.10 bits per heavy atom. The van der Waals surface area contributed by atoms with Crippen LogP contribution in [0.4, 0.5) is 0 Å². The molecule has 116 valence electrons. The fourth-order valence-electron chi connectivity index (χ4n) is 2.31. The maximum absolute atomic E-state index is 12.4. The minimum absolute atomic E-state index is 0.00586. The van der Waals surface area contributed by atoms with Crippen LogP contribution in [0.2, 0.25) is 0 Å². The van der Waals surface area contributed by atoms with Crippen molar-refractivity contribution in [3.8, 4) is 0 Å². The molecule has 0 spiro atoms. The predicted molar refractivity (Wildman–Crippen MR) is 78.1 cm³/mol. The maximum atomic E-state index is 12.4. The lowest BCUT2D eigenvalue weighted by atomic mass is 10.2. The van der Waals surface area contributed by atoms with Gasteiger partial charge in [-0.15, -0.1) is 0 Å². The van der Waals surface area contributed by atoms with Crippen LogP contribution in [0.25, 0.3) is 0 Å². The average molecular weight is 312 g/mol. The third-order valence-electron chi connectivity index (χ3n) is 3.52. The number of carbonyl (C=O) groups excluding carboxylic acids is 1. The molecule has 2 rings (SSSR count). The molecule has 0 bridgehead atoms. The van der Waals surface area contributed by atoms with Gasteiger partial charge in [0.15, 0.2) is 0 Å². The van der Waals surface area contributed by atoms with Crippen molar-refractivity contribution >= 4 is 15.9 Å². The number of carbonyl (C=O) groups is 1. The van der Waals surface area contributed by atoms with Crippen LogP contribution < -0.4 is 0 Å². The smallest absolute Gasteiger partial charge is 0.243 e. The molecule has 0 saturated carbocycles. The third kappa shape index (κ3) is 3.81. The van der Waals surface area contributed by atoms with E-state index in [4.69, 9.17) is 5.11 Å². The van der Waals surface area contributed by atoms with Crippen LogP contribution in [0.3, 0.4) is 0 Å². The highest BCUT2D eigenvalue weighted by Gasteiger charge is 2.29. The fraction of sp³-hybridized carbons (Fsp3) is 0.500. The summed E-state index contributed by atoms with van der Waals surface area (Å²) in [6.45, 7) is 1.41. The molecule has 7 heteroatoms. The van der Waals surface area contributed by atoms with Crippen LogP contribution in [0, 0.1) is 0 Å². The van der Waals surface area contributed by atoms with E-state index < -0.39 is 10.0 Å². The van der Waals surface area contributed by atoms with Crippen molar-refractivity contribution in [2.45, 2.75) is 17.7 Å². The van der Waals surface area contributed by atoms with Gasteiger partial charge in [-0.1, -0.05) is 18.2 Å².